The second-order valence-electron chi connectivity index (χ2n) is 4.74. The molecule has 0 aromatic rings. The SMILES string of the molecule is CNC1CCCN(C)C1.O=CN1CCCC1. The number of carbonyl (C=O) groups excluding carboxylic acids is 1. The van der Waals surface area contributed by atoms with Crippen LogP contribution in [0.25, 0.3) is 0 Å². The summed E-state index contributed by atoms with van der Waals surface area (Å²) >= 11 is 0. The van der Waals surface area contributed by atoms with Gasteiger partial charge >= 0.3 is 0 Å². The van der Waals surface area contributed by atoms with Crippen LogP contribution in [-0.2, 0) is 4.79 Å². The minimum atomic E-state index is 0.740. The van der Waals surface area contributed by atoms with Crippen LogP contribution in [0.1, 0.15) is 25.7 Å². The molecule has 1 atom stereocenters. The standard InChI is InChI=1S/C7H16N2.C5H9NO/c1-8-7-4-3-5-9(2)6-7;7-5-6-3-1-2-4-6/h7-8H,3-6H2,1-2H3;5H,1-4H2. The highest BCUT2D eigenvalue weighted by molar-refractivity contribution is 5.47. The Morgan fingerprint density at radius 2 is 1.88 bits per heavy atom. The van der Waals surface area contributed by atoms with Gasteiger partial charge in [-0.25, -0.2) is 0 Å². The second-order valence-corrected chi connectivity index (χ2v) is 4.74. The highest BCUT2D eigenvalue weighted by Gasteiger charge is 2.13. The molecule has 4 nitrogen and oxygen atoms in total. The Balaban J connectivity index is 0.000000165. The fourth-order valence-electron chi connectivity index (χ4n) is 2.25. The molecule has 0 saturated carbocycles. The Kier molecular flexibility index (Phi) is 6.42. The van der Waals surface area contributed by atoms with E-state index in [0.29, 0.717) is 0 Å². The highest BCUT2D eigenvalue weighted by Crippen LogP contribution is 2.06. The van der Waals surface area contributed by atoms with E-state index >= 15 is 0 Å². The first-order chi connectivity index (χ1) is 7.76. The van der Waals surface area contributed by atoms with Crippen LogP contribution >= 0.6 is 0 Å². The summed E-state index contributed by atoms with van der Waals surface area (Å²) in [5.41, 5.74) is 0. The average molecular weight is 227 g/mol. The van der Waals surface area contributed by atoms with Gasteiger partial charge in [0.05, 0.1) is 0 Å². The Morgan fingerprint density at radius 3 is 2.25 bits per heavy atom. The van der Waals surface area contributed by atoms with Crippen molar-refractivity contribution in [2.24, 2.45) is 0 Å². The normalized spacial score (nSPS) is 26.1. The summed E-state index contributed by atoms with van der Waals surface area (Å²) in [7, 11) is 4.23. The zero-order valence-electron chi connectivity index (χ0n) is 10.6. The third kappa shape index (κ3) is 4.94. The molecule has 1 amide bonds. The van der Waals surface area contributed by atoms with Gasteiger partial charge in [0.1, 0.15) is 0 Å². The summed E-state index contributed by atoms with van der Waals surface area (Å²) < 4.78 is 0. The van der Waals surface area contributed by atoms with E-state index in [0.717, 1.165) is 25.5 Å². The molecule has 2 rings (SSSR count). The van der Waals surface area contributed by atoms with E-state index in [9.17, 15) is 4.79 Å². The van der Waals surface area contributed by atoms with Gasteiger partial charge in [0.15, 0.2) is 0 Å². The predicted molar refractivity (Wildman–Crippen MR) is 66.4 cm³/mol. The van der Waals surface area contributed by atoms with Gasteiger partial charge in [-0.3, -0.25) is 4.79 Å². The van der Waals surface area contributed by atoms with Crippen LogP contribution in [0.15, 0.2) is 0 Å². The van der Waals surface area contributed by atoms with Crippen LogP contribution in [0.3, 0.4) is 0 Å². The first-order valence-corrected chi connectivity index (χ1v) is 6.31. The van der Waals surface area contributed by atoms with E-state index in [1.54, 1.807) is 4.90 Å². The van der Waals surface area contributed by atoms with Gasteiger partial charge in [-0.2, -0.15) is 0 Å². The molecule has 16 heavy (non-hydrogen) atoms. The molecule has 2 aliphatic heterocycles. The number of hydrogen-bond donors (Lipinski definition) is 1. The largest absolute Gasteiger partial charge is 0.345 e. The molecule has 2 aliphatic rings. The highest BCUT2D eigenvalue weighted by atomic mass is 16.1. The van der Waals surface area contributed by atoms with Crippen LogP contribution in [0.2, 0.25) is 0 Å². The van der Waals surface area contributed by atoms with Crippen LogP contribution in [0.4, 0.5) is 0 Å². The van der Waals surface area contributed by atoms with E-state index in [4.69, 9.17) is 0 Å². The molecule has 0 spiro atoms. The molecule has 2 saturated heterocycles. The number of rotatable bonds is 2. The van der Waals surface area contributed by atoms with Crippen LogP contribution in [0.5, 0.6) is 0 Å². The molecular formula is C12H25N3O. The molecule has 94 valence electrons. The van der Waals surface area contributed by atoms with E-state index in [1.807, 2.05) is 7.05 Å². The van der Waals surface area contributed by atoms with Crippen molar-refractivity contribution in [1.82, 2.24) is 15.1 Å². The summed E-state index contributed by atoms with van der Waals surface area (Å²) in [4.78, 5) is 14.1. The minimum absolute atomic E-state index is 0.740. The third-order valence-corrected chi connectivity index (χ3v) is 3.32. The maximum atomic E-state index is 9.93. The number of likely N-dealkylation sites (tertiary alicyclic amines) is 2. The number of hydrogen-bond acceptors (Lipinski definition) is 3. The fourth-order valence-corrected chi connectivity index (χ4v) is 2.25. The molecular weight excluding hydrogens is 202 g/mol. The zero-order chi connectivity index (χ0) is 11.8. The summed E-state index contributed by atoms with van der Waals surface area (Å²) in [6.45, 7) is 4.45. The quantitative estimate of drug-likeness (QED) is 0.699. The topological polar surface area (TPSA) is 35.6 Å². The number of amides is 1. The lowest BCUT2D eigenvalue weighted by atomic mass is 10.1. The van der Waals surface area contributed by atoms with Gasteiger partial charge in [-0.15, -0.1) is 0 Å². The molecule has 4 heteroatoms. The Bertz CT molecular complexity index is 193. The second kappa shape index (κ2) is 7.63. The molecule has 2 heterocycles. The van der Waals surface area contributed by atoms with Crippen molar-refractivity contribution in [2.75, 3.05) is 40.3 Å². The Morgan fingerprint density at radius 1 is 1.19 bits per heavy atom. The third-order valence-electron chi connectivity index (χ3n) is 3.32. The summed E-state index contributed by atoms with van der Waals surface area (Å²) in [5.74, 6) is 0. The van der Waals surface area contributed by atoms with Crippen LogP contribution < -0.4 is 5.32 Å². The Labute approximate surface area is 99.0 Å². The van der Waals surface area contributed by atoms with Crippen LogP contribution in [0, 0.1) is 0 Å². The van der Waals surface area contributed by atoms with Crippen molar-refractivity contribution < 1.29 is 4.79 Å². The van der Waals surface area contributed by atoms with E-state index in [1.165, 1.54) is 38.8 Å². The van der Waals surface area contributed by atoms with E-state index < -0.39 is 0 Å². The lowest BCUT2D eigenvalue weighted by molar-refractivity contribution is -0.117. The monoisotopic (exact) mass is 227 g/mol. The van der Waals surface area contributed by atoms with Gasteiger partial charge < -0.3 is 15.1 Å². The first kappa shape index (κ1) is 13.5. The maximum absolute atomic E-state index is 9.93. The number of likely N-dealkylation sites (N-methyl/N-ethyl adjacent to an activating group) is 2. The van der Waals surface area contributed by atoms with Crippen molar-refractivity contribution in [3.05, 3.63) is 0 Å². The van der Waals surface area contributed by atoms with Crippen molar-refractivity contribution in [1.29, 1.82) is 0 Å². The molecule has 0 aliphatic carbocycles. The molecule has 1 N–H and O–H groups in total. The Hall–Kier alpha value is -0.610. The average Bonchev–Trinajstić information content (AvgIpc) is 2.82. The number of nitrogens with zero attached hydrogens (tertiary/aromatic N) is 2. The minimum Gasteiger partial charge on any atom is -0.345 e. The van der Waals surface area contributed by atoms with Crippen molar-refractivity contribution in [2.45, 2.75) is 31.7 Å². The summed E-state index contributed by atoms with van der Waals surface area (Å²) in [5, 5.41) is 3.29. The summed E-state index contributed by atoms with van der Waals surface area (Å²) in [6.07, 6.45) is 6.01. The van der Waals surface area contributed by atoms with Gasteiger partial charge in [0, 0.05) is 25.7 Å². The van der Waals surface area contributed by atoms with Crippen molar-refractivity contribution >= 4 is 6.41 Å². The van der Waals surface area contributed by atoms with Crippen LogP contribution in [-0.4, -0.2) is 62.5 Å². The van der Waals surface area contributed by atoms with Crippen molar-refractivity contribution in [3.8, 4) is 0 Å². The molecule has 0 radical (unpaired) electrons. The van der Waals surface area contributed by atoms with Gasteiger partial charge in [0.25, 0.3) is 0 Å². The lowest BCUT2D eigenvalue weighted by Crippen LogP contribution is -2.42. The number of nitrogens with one attached hydrogen (secondary N) is 1. The van der Waals surface area contributed by atoms with E-state index in [-0.39, 0.29) is 0 Å². The maximum Gasteiger partial charge on any atom is 0.209 e. The number of carbonyl (C=O) groups is 1. The number of piperidine rings is 1. The smallest absolute Gasteiger partial charge is 0.209 e. The predicted octanol–water partition coefficient (Wildman–Crippen LogP) is 0.539. The van der Waals surface area contributed by atoms with Gasteiger partial charge in [-0.1, -0.05) is 0 Å². The van der Waals surface area contributed by atoms with Crippen molar-refractivity contribution in [3.63, 3.8) is 0 Å². The molecule has 1 unspecified atom stereocenters. The van der Waals surface area contributed by atoms with Gasteiger partial charge in [0.2, 0.25) is 6.41 Å². The van der Waals surface area contributed by atoms with Gasteiger partial charge in [-0.05, 0) is 46.3 Å². The molecule has 0 aromatic carbocycles. The first-order valence-electron chi connectivity index (χ1n) is 6.31. The fraction of sp³-hybridized carbons (Fsp3) is 0.917. The molecule has 2 fully saturated rings. The molecule has 0 bridgehead atoms. The van der Waals surface area contributed by atoms with E-state index in [2.05, 4.69) is 17.3 Å². The lowest BCUT2D eigenvalue weighted by Gasteiger charge is -2.29. The zero-order valence-corrected chi connectivity index (χ0v) is 10.6. The molecule has 0 aromatic heterocycles. The summed E-state index contributed by atoms with van der Waals surface area (Å²) in [6, 6.07) is 0.740.